The van der Waals surface area contributed by atoms with Crippen molar-refractivity contribution in [2.24, 2.45) is 11.3 Å². The highest BCUT2D eigenvalue weighted by Crippen LogP contribution is 2.36. The number of hydrogen-bond acceptors (Lipinski definition) is 2. The van der Waals surface area contributed by atoms with Crippen LogP contribution in [0.25, 0.3) is 0 Å². The van der Waals surface area contributed by atoms with Crippen LogP contribution >= 0.6 is 0 Å². The fraction of sp³-hybridized carbons (Fsp3) is 0.611. The molecule has 3 heteroatoms. The predicted octanol–water partition coefficient (Wildman–Crippen LogP) is 4.42. The van der Waals surface area contributed by atoms with E-state index in [4.69, 9.17) is 0 Å². The second-order valence-electron chi connectivity index (χ2n) is 7.42. The zero-order valence-electron chi connectivity index (χ0n) is 13.1. The molecule has 0 aromatic heterocycles. The molecule has 0 radical (unpaired) electrons. The second kappa shape index (κ2) is 5.70. The van der Waals surface area contributed by atoms with Crippen LogP contribution in [0.15, 0.2) is 24.3 Å². The Hall–Kier alpha value is -1.51. The zero-order chi connectivity index (χ0) is 14.9. The molecule has 2 fully saturated rings. The fourth-order valence-electron chi connectivity index (χ4n) is 3.02. The van der Waals surface area contributed by atoms with Crippen LogP contribution in [-0.4, -0.2) is 11.9 Å². The lowest BCUT2D eigenvalue weighted by Crippen LogP contribution is -2.29. The second-order valence-corrected chi connectivity index (χ2v) is 7.42. The fourth-order valence-corrected chi connectivity index (χ4v) is 3.02. The van der Waals surface area contributed by atoms with E-state index in [1.807, 2.05) is 12.1 Å². The summed E-state index contributed by atoms with van der Waals surface area (Å²) in [6, 6.07) is 8.72. The lowest BCUT2D eigenvalue weighted by molar-refractivity contribution is -0.117. The SMILES string of the molecule is CC1(C)CCC(Nc2ccc(NC(=O)C3CC3)cc2)CC1. The van der Waals surface area contributed by atoms with Crippen molar-refractivity contribution in [2.45, 2.75) is 58.4 Å². The van der Waals surface area contributed by atoms with Gasteiger partial charge in [0.1, 0.15) is 0 Å². The first-order valence-corrected chi connectivity index (χ1v) is 8.19. The van der Waals surface area contributed by atoms with Gasteiger partial charge >= 0.3 is 0 Å². The first-order valence-electron chi connectivity index (χ1n) is 8.19. The van der Waals surface area contributed by atoms with Crippen LogP contribution in [0.4, 0.5) is 11.4 Å². The largest absolute Gasteiger partial charge is 0.382 e. The van der Waals surface area contributed by atoms with Gasteiger partial charge < -0.3 is 10.6 Å². The number of benzene rings is 1. The van der Waals surface area contributed by atoms with E-state index in [1.165, 1.54) is 25.7 Å². The zero-order valence-corrected chi connectivity index (χ0v) is 13.1. The Kier molecular flexibility index (Phi) is 3.92. The Morgan fingerprint density at radius 1 is 1.00 bits per heavy atom. The van der Waals surface area contributed by atoms with E-state index in [0.29, 0.717) is 11.5 Å². The molecule has 3 nitrogen and oxygen atoms in total. The maximum absolute atomic E-state index is 11.7. The minimum atomic E-state index is 0.172. The molecule has 0 spiro atoms. The quantitative estimate of drug-likeness (QED) is 0.860. The third kappa shape index (κ3) is 3.99. The number of carbonyl (C=O) groups is 1. The van der Waals surface area contributed by atoms with Gasteiger partial charge in [-0.15, -0.1) is 0 Å². The maximum atomic E-state index is 11.7. The number of amides is 1. The summed E-state index contributed by atoms with van der Waals surface area (Å²) < 4.78 is 0. The van der Waals surface area contributed by atoms with Crippen molar-refractivity contribution >= 4 is 17.3 Å². The molecule has 1 aromatic carbocycles. The predicted molar refractivity (Wildman–Crippen MR) is 87.5 cm³/mol. The van der Waals surface area contributed by atoms with Crippen molar-refractivity contribution in [2.75, 3.05) is 10.6 Å². The van der Waals surface area contributed by atoms with Crippen LogP contribution in [0.5, 0.6) is 0 Å². The van der Waals surface area contributed by atoms with Crippen molar-refractivity contribution in [3.63, 3.8) is 0 Å². The van der Waals surface area contributed by atoms with E-state index in [9.17, 15) is 4.79 Å². The summed E-state index contributed by atoms with van der Waals surface area (Å²) in [6.07, 6.45) is 7.16. The first kappa shape index (κ1) is 14.4. The Balaban J connectivity index is 1.51. The third-order valence-electron chi connectivity index (χ3n) is 4.81. The summed E-state index contributed by atoms with van der Waals surface area (Å²) in [6.45, 7) is 4.72. The van der Waals surface area contributed by atoms with Crippen LogP contribution in [0.2, 0.25) is 0 Å². The summed E-state index contributed by atoms with van der Waals surface area (Å²) in [7, 11) is 0. The standard InChI is InChI=1S/C18H26N2O/c1-18(2)11-9-16(10-12-18)19-14-5-7-15(8-6-14)20-17(21)13-3-4-13/h5-8,13,16,19H,3-4,9-12H2,1-2H3,(H,20,21). The van der Waals surface area contributed by atoms with Gasteiger partial charge in [-0.2, -0.15) is 0 Å². The van der Waals surface area contributed by atoms with Gasteiger partial charge in [-0.1, -0.05) is 13.8 Å². The summed E-state index contributed by atoms with van der Waals surface area (Å²) in [4.78, 5) is 11.7. The van der Waals surface area contributed by atoms with E-state index >= 15 is 0 Å². The smallest absolute Gasteiger partial charge is 0.227 e. The highest BCUT2D eigenvalue weighted by atomic mass is 16.2. The molecule has 114 valence electrons. The molecule has 2 N–H and O–H groups in total. The number of hydrogen-bond donors (Lipinski definition) is 2. The summed E-state index contributed by atoms with van der Waals surface area (Å²) in [5.41, 5.74) is 2.57. The van der Waals surface area contributed by atoms with Gasteiger partial charge in [0, 0.05) is 23.3 Å². The molecule has 0 heterocycles. The summed E-state index contributed by atoms with van der Waals surface area (Å²) in [5.74, 6) is 0.429. The molecule has 3 rings (SSSR count). The van der Waals surface area contributed by atoms with Crippen molar-refractivity contribution in [3.8, 4) is 0 Å². The molecule has 2 aliphatic rings. The third-order valence-corrected chi connectivity index (χ3v) is 4.81. The Bertz CT molecular complexity index is 492. The monoisotopic (exact) mass is 286 g/mol. The maximum Gasteiger partial charge on any atom is 0.227 e. The molecule has 2 aliphatic carbocycles. The van der Waals surface area contributed by atoms with Crippen LogP contribution in [0.3, 0.4) is 0 Å². The van der Waals surface area contributed by atoms with E-state index < -0.39 is 0 Å². The van der Waals surface area contributed by atoms with Gasteiger partial charge in [-0.25, -0.2) is 0 Å². The first-order chi connectivity index (χ1) is 10.0. The van der Waals surface area contributed by atoms with Gasteiger partial charge in [0.25, 0.3) is 0 Å². The summed E-state index contributed by atoms with van der Waals surface area (Å²) in [5, 5.41) is 6.60. The lowest BCUT2D eigenvalue weighted by Gasteiger charge is -2.35. The molecule has 1 aromatic rings. The average molecular weight is 286 g/mol. The molecule has 1 amide bonds. The molecular formula is C18H26N2O. The molecule has 0 unspecified atom stereocenters. The molecule has 0 aliphatic heterocycles. The van der Waals surface area contributed by atoms with E-state index in [0.717, 1.165) is 24.2 Å². The van der Waals surface area contributed by atoms with Gasteiger partial charge in [-0.05, 0) is 68.2 Å². The highest BCUT2D eigenvalue weighted by Gasteiger charge is 2.29. The minimum absolute atomic E-state index is 0.172. The lowest BCUT2D eigenvalue weighted by atomic mass is 9.75. The highest BCUT2D eigenvalue weighted by molar-refractivity contribution is 5.94. The molecule has 0 saturated heterocycles. The van der Waals surface area contributed by atoms with Crippen LogP contribution < -0.4 is 10.6 Å². The number of anilines is 2. The topological polar surface area (TPSA) is 41.1 Å². The number of rotatable bonds is 4. The molecule has 21 heavy (non-hydrogen) atoms. The van der Waals surface area contributed by atoms with Gasteiger partial charge in [-0.3, -0.25) is 4.79 Å². The van der Waals surface area contributed by atoms with Crippen LogP contribution in [-0.2, 0) is 4.79 Å². The van der Waals surface area contributed by atoms with Crippen LogP contribution in [0.1, 0.15) is 52.4 Å². The molecular weight excluding hydrogens is 260 g/mol. The van der Waals surface area contributed by atoms with Crippen molar-refractivity contribution in [1.82, 2.24) is 0 Å². The normalized spacial score (nSPS) is 21.8. The van der Waals surface area contributed by atoms with Gasteiger partial charge in [0.2, 0.25) is 5.91 Å². The van der Waals surface area contributed by atoms with Gasteiger partial charge in [0.05, 0.1) is 0 Å². The average Bonchev–Trinajstić information content (AvgIpc) is 3.28. The van der Waals surface area contributed by atoms with Crippen molar-refractivity contribution in [3.05, 3.63) is 24.3 Å². The minimum Gasteiger partial charge on any atom is -0.382 e. The molecule has 0 atom stereocenters. The van der Waals surface area contributed by atoms with E-state index in [2.05, 4.69) is 36.6 Å². The Morgan fingerprint density at radius 2 is 1.57 bits per heavy atom. The van der Waals surface area contributed by atoms with E-state index in [-0.39, 0.29) is 11.8 Å². The van der Waals surface area contributed by atoms with Gasteiger partial charge in [0.15, 0.2) is 0 Å². The van der Waals surface area contributed by atoms with Crippen molar-refractivity contribution in [1.29, 1.82) is 0 Å². The van der Waals surface area contributed by atoms with Crippen molar-refractivity contribution < 1.29 is 4.79 Å². The Labute approximate surface area is 127 Å². The van der Waals surface area contributed by atoms with E-state index in [1.54, 1.807) is 0 Å². The summed E-state index contributed by atoms with van der Waals surface area (Å²) >= 11 is 0. The van der Waals surface area contributed by atoms with Crippen LogP contribution in [0, 0.1) is 11.3 Å². The molecule has 0 bridgehead atoms. The number of carbonyl (C=O) groups excluding carboxylic acids is 1. The Morgan fingerprint density at radius 3 is 2.14 bits per heavy atom. The molecule has 2 saturated carbocycles. The number of nitrogens with one attached hydrogen (secondary N) is 2.